The second-order valence-electron chi connectivity index (χ2n) is 6.67. The lowest BCUT2D eigenvalue weighted by Crippen LogP contribution is -2.24. The first kappa shape index (κ1) is 20.6. The summed E-state index contributed by atoms with van der Waals surface area (Å²) in [6.07, 6.45) is 5.11. The quantitative estimate of drug-likeness (QED) is 0.606. The largest absolute Gasteiger partial charge is 0.357 e. The summed E-state index contributed by atoms with van der Waals surface area (Å²) in [5.41, 5.74) is 0.975. The molecular formula is C17H23N5O4S2. The summed E-state index contributed by atoms with van der Waals surface area (Å²) in [7, 11) is -6.13. The average molecular weight is 426 g/mol. The normalized spacial score (nSPS) is 15.6. The summed E-state index contributed by atoms with van der Waals surface area (Å²) in [5.74, 6) is 0.376. The molecule has 1 aromatic heterocycles. The summed E-state index contributed by atoms with van der Waals surface area (Å²) >= 11 is 0. The zero-order valence-electron chi connectivity index (χ0n) is 15.4. The second-order valence-corrected chi connectivity index (χ2v) is 9.97. The van der Waals surface area contributed by atoms with Gasteiger partial charge >= 0.3 is 0 Å². The van der Waals surface area contributed by atoms with Crippen LogP contribution in [0, 0.1) is 0 Å². The second kappa shape index (κ2) is 8.11. The molecule has 1 aliphatic rings. The Balaban J connectivity index is 1.89. The Morgan fingerprint density at radius 2 is 1.86 bits per heavy atom. The van der Waals surface area contributed by atoms with Crippen LogP contribution in [0.15, 0.2) is 40.3 Å². The maximum Gasteiger partial charge on any atom is 0.240 e. The summed E-state index contributed by atoms with van der Waals surface area (Å²) in [6, 6.07) is 5.58. The van der Waals surface area contributed by atoms with Gasteiger partial charge in [0.2, 0.25) is 26.0 Å². The predicted molar refractivity (Wildman–Crippen MR) is 105 cm³/mol. The fourth-order valence-electron chi connectivity index (χ4n) is 3.38. The molecule has 1 fully saturated rings. The van der Waals surface area contributed by atoms with E-state index in [1.165, 1.54) is 24.4 Å². The molecule has 28 heavy (non-hydrogen) atoms. The van der Waals surface area contributed by atoms with E-state index in [-0.39, 0.29) is 22.3 Å². The minimum absolute atomic E-state index is 0.00435. The number of benzene rings is 1. The highest BCUT2D eigenvalue weighted by atomic mass is 32.2. The minimum Gasteiger partial charge on any atom is -0.357 e. The van der Waals surface area contributed by atoms with Gasteiger partial charge < -0.3 is 5.32 Å². The summed E-state index contributed by atoms with van der Waals surface area (Å²) < 4.78 is 51.8. The van der Waals surface area contributed by atoms with Crippen LogP contribution in [0.2, 0.25) is 0 Å². The molecule has 1 saturated carbocycles. The van der Waals surface area contributed by atoms with Gasteiger partial charge in [0.15, 0.2) is 0 Å². The summed E-state index contributed by atoms with van der Waals surface area (Å²) in [6.45, 7) is -0.0186. The van der Waals surface area contributed by atoms with Crippen molar-refractivity contribution in [1.82, 2.24) is 14.7 Å². The third kappa shape index (κ3) is 4.66. The fraction of sp³-hybridized carbons (Fsp3) is 0.412. The zero-order chi connectivity index (χ0) is 20.4. The average Bonchev–Trinajstić information content (AvgIpc) is 3.20. The van der Waals surface area contributed by atoms with Gasteiger partial charge in [0.05, 0.1) is 22.0 Å². The monoisotopic (exact) mass is 425 g/mol. The number of nitrogens with one attached hydrogen (secondary N) is 2. The molecule has 4 N–H and O–H groups in total. The molecule has 2 aromatic rings. The van der Waals surface area contributed by atoms with Gasteiger partial charge in [-0.05, 0) is 48.6 Å². The van der Waals surface area contributed by atoms with Crippen LogP contribution in [-0.2, 0) is 26.6 Å². The van der Waals surface area contributed by atoms with Gasteiger partial charge in [-0.25, -0.2) is 36.7 Å². The highest BCUT2D eigenvalue weighted by Crippen LogP contribution is 2.38. The van der Waals surface area contributed by atoms with Crippen LogP contribution < -0.4 is 15.2 Å². The van der Waals surface area contributed by atoms with E-state index in [0.717, 1.165) is 25.7 Å². The molecular weight excluding hydrogens is 402 g/mol. The molecule has 0 aliphatic heterocycles. The Morgan fingerprint density at radius 3 is 2.50 bits per heavy atom. The molecule has 0 unspecified atom stereocenters. The van der Waals surface area contributed by atoms with Crippen molar-refractivity contribution in [3.8, 4) is 0 Å². The van der Waals surface area contributed by atoms with Crippen molar-refractivity contribution < 1.29 is 16.8 Å². The van der Waals surface area contributed by atoms with Crippen LogP contribution in [-0.4, -0.2) is 33.9 Å². The zero-order valence-corrected chi connectivity index (χ0v) is 17.1. The Labute approximate surface area is 164 Å². The van der Waals surface area contributed by atoms with Crippen LogP contribution in [0.1, 0.15) is 42.9 Å². The lowest BCUT2D eigenvalue weighted by molar-refractivity contribution is 0.578. The van der Waals surface area contributed by atoms with Crippen LogP contribution in [0.3, 0.4) is 0 Å². The third-order valence-corrected chi connectivity index (χ3v) is 7.16. The summed E-state index contributed by atoms with van der Waals surface area (Å²) in [5, 5.41) is 8.12. The van der Waals surface area contributed by atoms with E-state index >= 15 is 0 Å². The first-order chi connectivity index (χ1) is 13.2. The topological polar surface area (TPSA) is 144 Å². The van der Waals surface area contributed by atoms with Crippen molar-refractivity contribution in [2.45, 2.75) is 47.9 Å². The highest BCUT2D eigenvalue weighted by molar-refractivity contribution is 7.89. The molecule has 1 aromatic carbocycles. The van der Waals surface area contributed by atoms with Crippen molar-refractivity contribution >= 4 is 26.0 Å². The van der Waals surface area contributed by atoms with Crippen LogP contribution in [0.5, 0.6) is 0 Å². The van der Waals surface area contributed by atoms with E-state index in [4.69, 9.17) is 5.14 Å². The minimum atomic E-state index is -3.94. The van der Waals surface area contributed by atoms with E-state index in [1.807, 2.05) is 0 Å². The number of nitrogens with two attached hydrogens (primary N) is 1. The van der Waals surface area contributed by atoms with Gasteiger partial charge in [-0.15, -0.1) is 0 Å². The molecule has 0 spiro atoms. The Morgan fingerprint density at radius 1 is 1.14 bits per heavy atom. The Bertz CT molecular complexity index is 1060. The van der Waals surface area contributed by atoms with Gasteiger partial charge in [0.1, 0.15) is 0 Å². The first-order valence-corrected chi connectivity index (χ1v) is 11.9. The molecule has 3 rings (SSSR count). The van der Waals surface area contributed by atoms with Gasteiger partial charge in [-0.1, -0.05) is 12.8 Å². The van der Waals surface area contributed by atoms with E-state index in [2.05, 4.69) is 20.0 Å². The van der Waals surface area contributed by atoms with Crippen molar-refractivity contribution in [2.24, 2.45) is 5.14 Å². The van der Waals surface area contributed by atoms with E-state index < -0.39 is 20.0 Å². The van der Waals surface area contributed by atoms with Crippen LogP contribution in [0.25, 0.3) is 0 Å². The number of rotatable bonds is 7. The summed E-state index contributed by atoms with van der Waals surface area (Å²) in [4.78, 5) is 8.15. The molecule has 1 heterocycles. The van der Waals surface area contributed by atoms with Crippen molar-refractivity contribution in [1.29, 1.82) is 0 Å². The molecule has 11 heteroatoms. The molecule has 0 bridgehead atoms. The Hall–Kier alpha value is -2.08. The van der Waals surface area contributed by atoms with E-state index in [0.29, 0.717) is 17.2 Å². The number of aromatic nitrogens is 2. The number of sulfonamides is 2. The lowest BCUT2D eigenvalue weighted by atomic mass is 9.98. The van der Waals surface area contributed by atoms with Crippen molar-refractivity contribution in [2.75, 3.05) is 12.4 Å². The van der Waals surface area contributed by atoms with Gasteiger partial charge in [0.25, 0.3) is 0 Å². The molecule has 1 aliphatic carbocycles. The lowest BCUT2D eigenvalue weighted by Gasteiger charge is -2.16. The maximum atomic E-state index is 12.7. The number of nitrogens with zero attached hydrogens (tertiary/aromatic N) is 2. The van der Waals surface area contributed by atoms with Gasteiger partial charge in [-0.3, -0.25) is 0 Å². The van der Waals surface area contributed by atoms with Crippen LogP contribution >= 0.6 is 0 Å². The van der Waals surface area contributed by atoms with Crippen LogP contribution in [0.4, 0.5) is 5.95 Å². The third-order valence-electron chi connectivity index (χ3n) is 4.77. The maximum absolute atomic E-state index is 12.7. The molecule has 152 valence electrons. The molecule has 0 atom stereocenters. The number of hydrogen-bond donors (Lipinski definition) is 3. The number of anilines is 1. The SMILES string of the molecule is CNc1nccc(CNS(=O)(=O)c2ccc(S(N)(=O)=O)c(C3CCCC3)c2)n1. The van der Waals surface area contributed by atoms with Gasteiger partial charge in [0, 0.05) is 13.2 Å². The van der Waals surface area contributed by atoms with Gasteiger partial charge in [-0.2, -0.15) is 0 Å². The smallest absolute Gasteiger partial charge is 0.240 e. The number of primary sulfonamides is 1. The van der Waals surface area contributed by atoms with Crippen molar-refractivity contribution in [3.05, 3.63) is 41.7 Å². The fourth-order valence-corrected chi connectivity index (χ4v) is 5.22. The molecule has 9 nitrogen and oxygen atoms in total. The predicted octanol–water partition coefficient (Wildman–Crippen LogP) is 1.30. The van der Waals surface area contributed by atoms with E-state index in [1.54, 1.807) is 13.1 Å². The molecule has 0 saturated heterocycles. The van der Waals surface area contributed by atoms with Crippen molar-refractivity contribution in [3.63, 3.8) is 0 Å². The Kier molecular flexibility index (Phi) is 5.98. The van der Waals surface area contributed by atoms with E-state index in [9.17, 15) is 16.8 Å². The highest BCUT2D eigenvalue weighted by Gasteiger charge is 2.26. The molecule has 0 amide bonds. The first-order valence-electron chi connectivity index (χ1n) is 8.87. The standard InChI is InChI=1S/C17H23N5O4S2/c1-19-17-20-9-8-13(22-17)11-21-28(25,26)14-6-7-16(27(18,23)24)15(10-14)12-4-2-3-5-12/h6-10,12,21H,2-5,11H2,1H3,(H2,18,23,24)(H,19,20,22). The number of hydrogen-bond acceptors (Lipinski definition) is 7. The molecule has 0 radical (unpaired) electrons.